The molecule has 1 aliphatic heterocycles. The third kappa shape index (κ3) is 6.47. The lowest BCUT2D eigenvalue weighted by molar-refractivity contribution is -0.289. The molecule has 186 valence electrons. The van der Waals surface area contributed by atoms with Gasteiger partial charge in [0.15, 0.2) is 18.3 Å². The summed E-state index contributed by atoms with van der Waals surface area (Å²) in [5.41, 5.74) is 1.39. The van der Waals surface area contributed by atoms with Crippen molar-refractivity contribution in [3.8, 4) is 0 Å². The number of hydrogen-bond donors (Lipinski definition) is 1. The number of anilines is 1. The minimum absolute atomic E-state index is 0.309. The first-order valence-corrected chi connectivity index (χ1v) is 10.4. The SMILES string of the molecule is CC(=O)O[C@@H]1O[C@H](C(=O)Nc2ccc3nccnc3c2)[C@@H](OC(C)=O)[C@H](OC(C)=O)[C@H]1OC(C)=O. The smallest absolute Gasteiger partial charge is 0.305 e. The molecule has 1 N–H and O–H groups in total. The molecule has 13 nitrogen and oxygen atoms in total. The molecule has 13 heteroatoms. The molecule has 0 bridgehead atoms. The molecule has 35 heavy (non-hydrogen) atoms. The van der Waals surface area contributed by atoms with E-state index < -0.39 is 60.5 Å². The van der Waals surface area contributed by atoms with Crippen molar-refractivity contribution in [2.45, 2.75) is 58.4 Å². The van der Waals surface area contributed by atoms with Gasteiger partial charge < -0.3 is 29.0 Å². The highest BCUT2D eigenvalue weighted by Crippen LogP contribution is 2.30. The lowest BCUT2D eigenvalue weighted by Gasteiger charge is -2.43. The van der Waals surface area contributed by atoms with Gasteiger partial charge in [0.25, 0.3) is 5.91 Å². The molecule has 0 radical (unpaired) electrons. The Labute approximate surface area is 199 Å². The van der Waals surface area contributed by atoms with Crippen molar-refractivity contribution in [2.75, 3.05) is 5.32 Å². The van der Waals surface area contributed by atoms with E-state index in [1.54, 1.807) is 18.2 Å². The summed E-state index contributed by atoms with van der Waals surface area (Å²) < 4.78 is 26.4. The maximum absolute atomic E-state index is 13.2. The first-order chi connectivity index (χ1) is 16.5. The summed E-state index contributed by atoms with van der Waals surface area (Å²) in [4.78, 5) is 68.6. The van der Waals surface area contributed by atoms with Crippen LogP contribution in [0.5, 0.6) is 0 Å². The number of ether oxygens (including phenoxy) is 5. The molecule has 1 aromatic heterocycles. The molecule has 1 amide bonds. The van der Waals surface area contributed by atoms with E-state index in [1.165, 1.54) is 12.4 Å². The average Bonchev–Trinajstić information content (AvgIpc) is 2.76. The van der Waals surface area contributed by atoms with Crippen LogP contribution in [0.4, 0.5) is 5.69 Å². The fraction of sp³-hybridized carbons (Fsp3) is 0.409. The van der Waals surface area contributed by atoms with E-state index in [1.807, 2.05) is 0 Å². The maximum atomic E-state index is 13.2. The molecule has 2 heterocycles. The summed E-state index contributed by atoms with van der Waals surface area (Å²) in [6.45, 7) is 4.27. The minimum atomic E-state index is -1.65. The molecule has 1 aromatic carbocycles. The third-order valence-electron chi connectivity index (χ3n) is 4.68. The van der Waals surface area contributed by atoms with Gasteiger partial charge >= 0.3 is 23.9 Å². The van der Waals surface area contributed by atoms with Gasteiger partial charge in [-0.2, -0.15) is 0 Å². The molecular formula is C22H23N3O10. The summed E-state index contributed by atoms with van der Waals surface area (Å²) in [6.07, 6.45) is -4.88. The van der Waals surface area contributed by atoms with Crippen molar-refractivity contribution >= 4 is 46.5 Å². The van der Waals surface area contributed by atoms with Crippen LogP contribution in [-0.4, -0.2) is 70.5 Å². The number of amides is 1. The number of benzene rings is 1. The minimum Gasteiger partial charge on any atom is -0.455 e. The van der Waals surface area contributed by atoms with Crippen molar-refractivity contribution in [1.29, 1.82) is 0 Å². The number of rotatable bonds is 6. The number of carbonyl (C=O) groups is 5. The van der Waals surface area contributed by atoms with Gasteiger partial charge in [0, 0.05) is 45.8 Å². The van der Waals surface area contributed by atoms with Gasteiger partial charge in [0.2, 0.25) is 12.4 Å². The first-order valence-electron chi connectivity index (χ1n) is 10.4. The predicted octanol–water partition coefficient (Wildman–Crippen LogP) is 0.651. The molecule has 0 saturated carbocycles. The van der Waals surface area contributed by atoms with E-state index in [-0.39, 0.29) is 0 Å². The van der Waals surface area contributed by atoms with Crippen molar-refractivity contribution in [3.63, 3.8) is 0 Å². The number of nitrogens with zero attached hydrogens (tertiary/aromatic N) is 2. The highest BCUT2D eigenvalue weighted by Gasteiger charge is 2.55. The number of esters is 4. The number of carbonyl (C=O) groups excluding carboxylic acids is 5. The van der Waals surface area contributed by atoms with Crippen LogP contribution >= 0.6 is 0 Å². The van der Waals surface area contributed by atoms with E-state index in [2.05, 4.69) is 15.3 Å². The van der Waals surface area contributed by atoms with E-state index in [9.17, 15) is 24.0 Å². The number of hydrogen-bond acceptors (Lipinski definition) is 12. The molecule has 3 rings (SSSR count). The fourth-order valence-electron chi connectivity index (χ4n) is 3.50. The standard InChI is InChI=1S/C22H23N3O10/c1-10(26)31-17-18(32-11(2)27)20(33-12(3)28)22(34-13(4)29)35-19(17)21(30)25-14-5-6-15-16(9-14)24-8-7-23-15/h5-9,17-20,22H,1-4H3,(H,25,30)/t17-,18-,19-,20+,22+/m0/s1. The highest BCUT2D eigenvalue weighted by molar-refractivity contribution is 5.96. The molecule has 0 spiro atoms. The van der Waals surface area contributed by atoms with Crippen molar-refractivity contribution in [1.82, 2.24) is 9.97 Å². The Hall–Kier alpha value is -4.13. The molecule has 0 aliphatic carbocycles. The normalized spacial score (nSPS) is 23.6. The molecule has 2 aromatic rings. The van der Waals surface area contributed by atoms with Gasteiger partial charge in [-0.25, -0.2) is 0 Å². The van der Waals surface area contributed by atoms with Gasteiger partial charge in [-0.05, 0) is 18.2 Å². The monoisotopic (exact) mass is 489 g/mol. The van der Waals surface area contributed by atoms with E-state index in [0.29, 0.717) is 16.7 Å². The largest absolute Gasteiger partial charge is 0.455 e. The summed E-state index contributed by atoms with van der Waals surface area (Å²) in [5.74, 6) is -4.14. The van der Waals surface area contributed by atoms with E-state index >= 15 is 0 Å². The highest BCUT2D eigenvalue weighted by atomic mass is 16.7. The predicted molar refractivity (Wildman–Crippen MR) is 115 cm³/mol. The Morgan fingerprint density at radius 2 is 1.29 bits per heavy atom. The van der Waals surface area contributed by atoms with Crippen LogP contribution in [-0.2, 0) is 47.7 Å². The lowest BCUT2D eigenvalue weighted by Crippen LogP contribution is -2.64. The maximum Gasteiger partial charge on any atom is 0.305 e. The summed E-state index contributed by atoms with van der Waals surface area (Å²) in [5, 5.41) is 2.60. The summed E-state index contributed by atoms with van der Waals surface area (Å²) >= 11 is 0. The second-order valence-electron chi connectivity index (χ2n) is 7.51. The average molecular weight is 489 g/mol. The lowest BCUT2D eigenvalue weighted by atomic mass is 9.97. The Morgan fingerprint density at radius 1 is 0.743 bits per heavy atom. The molecule has 5 atom stereocenters. The van der Waals surface area contributed by atoms with Crippen molar-refractivity contribution < 1.29 is 47.7 Å². The van der Waals surface area contributed by atoms with Gasteiger partial charge in [-0.15, -0.1) is 0 Å². The van der Waals surface area contributed by atoms with Gasteiger partial charge in [-0.1, -0.05) is 0 Å². The van der Waals surface area contributed by atoms with Gasteiger partial charge in [0.1, 0.15) is 0 Å². The Balaban J connectivity index is 1.98. The van der Waals surface area contributed by atoms with E-state index in [4.69, 9.17) is 23.7 Å². The zero-order valence-electron chi connectivity index (χ0n) is 19.3. The Kier molecular flexibility index (Phi) is 7.91. The topological polar surface area (TPSA) is 169 Å². The van der Waals surface area contributed by atoms with Crippen LogP contribution in [0.3, 0.4) is 0 Å². The molecule has 1 fully saturated rings. The van der Waals surface area contributed by atoms with Crippen LogP contribution in [0.25, 0.3) is 11.0 Å². The second kappa shape index (κ2) is 10.9. The van der Waals surface area contributed by atoms with Crippen LogP contribution < -0.4 is 5.32 Å². The number of nitrogens with one attached hydrogen (secondary N) is 1. The molecule has 1 aliphatic rings. The first kappa shape index (κ1) is 25.5. The summed E-state index contributed by atoms with van der Waals surface area (Å²) in [7, 11) is 0. The Bertz CT molecular complexity index is 1150. The molecule has 0 unspecified atom stereocenters. The van der Waals surface area contributed by atoms with Crippen LogP contribution in [0.1, 0.15) is 27.7 Å². The van der Waals surface area contributed by atoms with Gasteiger partial charge in [-0.3, -0.25) is 33.9 Å². The van der Waals surface area contributed by atoms with Crippen LogP contribution in [0, 0.1) is 0 Å². The third-order valence-corrected chi connectivity index (χ3v) is 4.68. The Morgan fingerprint density at radius 3 is 1.89 bits per heavy atom. The molecular weight excluding hydrogens is 466 g/mol. The number of fused-ring (bicyclic) bond motifs is 1. The molecule has 1 saturated heterocycles. The van der Waals surface area contributed by atoms with Crippen molar-refractivity contribution in [2.24, 2.45) is 0 Å². The zero-order valence-corrected chi connectivity index (χ0v) is 19.3. The summed E-state index contributed by atoms with van der Waals surface area (Å²) in [6, 6.07) is 4.75. The zero-order chi connectivity index (χ0) is 25.7. The van der Waals surface area contributed by atoms with E-state index in [0.717, 1.165) is 27.7 Å². The quantitative estimate of drug-likeness (QED) is 0.445. The fourth-order valence-corrected chi connectivity index (χ4v) is 3.50. The van der Waals surface area contributed by atoms with Crippen molar-refractivity contribution in [3.05, 3.63) is 30.6 Å². The van der Waals surface area contributed by atoms with Crippen LogP contribution in [0.15, 0.2) is 30.6 Å². The number of aromatic nitrogens is 2. The van der Waals surface area contributed by atoms with Crippen LogP contribution in [0.2, 0.25) is 0 Å². The second-order valence-corrected chi connectivity index (χ2v) is 7.51. The van der Waals surface area contributed by atoms with Gasteiger partial charge in [0.05, 0.1) is 11.0 Å².